The Morgan fingerprint density at radius 2 is 1.90 bits per heavy atom. The second kappa shape index (κ2) is 5.42. The number of aryl methyl sites for hydroxylation is 1. The minimum atomic E-state index is 0.638. The van der Waals surface area contributed by atoms with E-state index in [1.54, 1.807) is 19.3 Å². The maximum absolute atomic E-state index is 4.30. The average molecular weight is 287 g/mol. The molecule has 4 aliphatic rings. The second-order valence-corrected chi connectivity index (χ2v) is 8.10. The lowest BCUT2D eigenvalue weighted by Crippen LogP contribution is -2.55. The highest BCUT2D eigenvalue weighted by Crippen LogP contribution is 2.61. The van der Waals surface area contributed by atoms with Crippen LogP contribution in [0.4, 0.5) is 0 Å². The zero-order valence-electron chi connectivity index (χ0n) is 13.3. The first-order chi connectivity index (χ1) is 10.2. The van der Waals surface area contributed by atoms with E-state index < -0.39 is 0 Å². The Balaban J connectivity index is 1.29. The largest absolute Gasteiger partial charge is 0.349 e. The maximum Gasteiger partial charge on any atom is 0.106 e. The van der Waals surface area contributed by atoms with Crippen molar-refractivity contribution in [2.24, 2.45) is 23.2 Å². The molecule has 4 bridgehead atoms. The van der Waals surface area contributed by atoms with Gasteiger partial charge in [-0.3, -0.25) is 0 Å². The monoisotopic (exact) mass is 287 g/mol. The topological polar surface area (TPSA) is 40.7 Å². The predicted molar refractivity (Wildman–Crippen MR) is 85.0 cm³/mol. The van der Waals surface area contributed by atoms with Crippen molar-refractivity contribution >= 4 is 0 Å². The molecule has 1 heterocycles. The lowest BCUT2D eigenvalue weighted by atomic mass is 9.48. The number of nitrogens with one attached hydrogen (secondary N) is 2. The lowest BCUT2D eigenvalue weighted by molar-refractivity contribution is -0.0703. The number of hydrogen-bond acceptors (Lipinski definition) is 2. The van der Waals surface area contributed by atoms with Crippen LogP contribution in [-0.2, 0) is 6.42 Å². The summed E-state index contributed by atoms with van der Waals surface area (Å²) in [5.74, 6) is 4.30. The van der Waals surface area contributed by atoms with Crippen molar-refractivity contribution in [2.45, 2.75) is 64.3 Å². The molecule has 1 aromatic heterocycles. The summed E-state index contributed by atoms with van der Waals surface area (Å²) in [6.45, 7) is 3.59. The summed E-state index contributed by atoms with van der Waals surface area (Å²) in [6, 6.07) is 0.697. The van der Waals surface area contributed by atoms with Gasteiger partial charge in [-0.05, 0) is 81.6 Å². The van der Waals surface area contributed by atoms with E-state index in [9.17, 15) is 0 Å². The minimum absolute atomic E-state index is 0.638. The Morgan fingerprint density at radius 3 is 2.48 bits per heavy atom. The zero-order valence-corrected chi connectivity index (χ0v) is 13.3. The molecular weight excluding hydrogens is 258 g/mol. The standard InChI is InChI=1S/C18H29N3/c1-13(19-4-2-3-17-20-5-6-21-17)18-10-14-7-15(11-18)9-16(8-14)12-18/h5-6,13-16,19H,2-4,7-12H2,1H3,(H,20,21). The van der Waals surface area contributed by atoms with Gasteiger partial charge < -0.3 is 10.3 Å². The fraction of sp³-hybridized carbons (Fsp3) is 0.833. The number of hydrogen-bond donors (Lipinski definition) is 2. The van der Waals surface area contributed by atoms with Crippen molar-refractivity contribution in [3.05, 3.63) is 18.2 Å². The van der Waals surface area contributed by atoms with Crippen molar-refractivity contribution in [2.75, 3.05) is 6.54 Å². The summed E-state index contributed by atoms with van der Waals surface area (Å²) in [7, 11) is 0. The predicted octanol–water partition coefficient (Wildman–Crippen LogP) is 3.54. The van der Waals surface area contributed by atoms with Gasteiger partial charge in [0.1, 0.15) is 5.82 Å². The summed E-state index contributed by atoms with van der Waals surface area (Å²) < 4.78 is 0. The van der Waals surface area contributed by atoms with E-state index in [2.05, 4.69) is 22.2 Å². The smallest absolute Gasteiger partial charge is 0.106 e. The molecule has 0 spiro atoms. The fourth-order valence-electron chi connectivity index (χ4n) is 5.93. The molecular formula is C18H29N3. The SMILES string of the molecule is CC(NCCCc1ncc[nH]1)C12CC3CC(CC(C3)C1)C2. The van der Waals surface area contributed by atoms with E-state index in [1.807, 2.05) is 12.4 Å². The van der Waals surface area contributed by atoms with Crippen LogP contribution in [0.1, 0.15) is 57.7 Å². The van der Waals surface area contributed by atoms with Crippen LogP contribution >= 0.6 is 0 Å². The summed E-state index contributed by atoms with van der Waals surface area (Å²) in [5.41, 5.74) is 0.638. The molecule has 3 nitrogen and oxygen atoms in total. The molecule has 0 radical (unpaired) electrons. The van der Waals surface area contributed by atoms with Gasteiger partial charge >= 0.3 is 0 Å². The van der Waals surface area contributed by atoms with Gasteiger partial charge in [-0.1, -0.05) is 0 Å². The molecule has 5 rings (SSSR count). The lowest BCUT2D eigenvalue weighted by Gasteiger charge is -2.59. The van der Waals surface area contributed by atoms with Crippen molar-refractivity contribution in [1.29, 1.82) is 0 Å². The number of aromatic amines is 1. The molecule has 3 heteroatoms. The first-order valence-electron chi connectivity index (χ1n) is 8.95. The molecule has 4 aliphatic carbocycles. The van der Waals surface area contributed by atoms with Gasteiger partial charge in [0.2, 0.25) is 0 Å². The van der Waals surface area contributed by atoms with Crippen LogP contribution in [0.2, 0.25) is 0 Å². The van der Waals surface area contributed by atoms with Gasteiger partial charge in [0, 0.05) is 24.9 Å². The summed E-state index contributed by atoms with van der Waals surface area (Å²) in [6.07, 6.45) is 15.2. The van der Waals surface area contributed by atoms with Gasteiger partial charge in [-0.2, -0.15) is 0 Å². The third-order valence-corrected chi connectivity index (χ3v) is 6.60. The Kier molecular flexibility index (Phi) is 3.56. The first kappa shape index (κ1) is 13.8. The molecule has 21 heavy (non-hydrogen) atoms. The van der Waals surface area contributed by atoms with Gasteiger partial charge in [0.15, 0.2) is 0 Å². The van der Waals surface area contributed by atoms with Crippen LogP contribution in [0.15, 0.2) is 12.4 Å². The molecule has 1 unspecified atom stereocenters. The van der Waals surface area contributed by atoms with Crippen LogP contribution in [-0.4, -0.2) is 22.6 Å². The van der Waals surface area contributed by atoms with Crippen molar-refractivity contribution in [3.63, 3.8) is 0 Å². The van der Waals surface area contributed by atoms with E-state index in [1.165, 1.54) is 25.7 Å². The van der Waals surface area contributed by atoms with Gasteiger partial charge in [0.25, 0.3) is 0 Å². The van der Waals surface area contributed by atoms with E-state index >= 15 is 0 Å². The quantitative estimate of drug-likeness (QED) is 0.786. The van der Waals surface area contributed by atoms with Crippen LogP contribution in [0.25, 0.3) is 0 Å². The van der Waals surface area contributed by atoms with Gasteiger partial charge in [0.05, 0.1) is 0 Å². The second-order valence-electron chi connectivity index (χ2n) is 8.10. The van der Waals surface area contributed by atoms with Crippen LogP contribution < -0.4 is 5.32 Å². The average Bonchev–Trinajstić information content (AvgIpc) is 2.95. The van der Waals surface area contributed by atoms with E-state index in [0.29, 0.717) is 11.5 Å². The zero-order chi connectivity index (χ0) is 14.3. The molecule has 4 saturated carbocycles. The number of aromatic nitrogens is 2. The highest BCUT2D eigenvalue weighted by atomic mass is 14.9. The molecule has 0 aromatic carbocycles. The Morgan fingerprint density at radius 1 is 1.24 bits per heavy atom. The Bertz CT molecular complexity index is 430. The molecule has 1 atom stereocenters. The van der Waals surface area contributed by atoms with E-state index in [4.69, 9.17) is 0 Å². The third-order valence-electron chi connectivity index (χ3n) is 6.60. The first-order valence-corrected chi connectivity index (χ1v) is 8.95. The number of rotatable bonds is 6. The molecule has 0 amide bonds. The van der Waals surface area contributed by atoms with E-state index in [-0.39, 0.29) is 0 Å². The van der Waals surface area contributed by atoms with Gasteiger partial charge in [-0.15, -0.1) is 0 Å². The normalized spacial score (nSPS) is 38.8. The number of imidazole rings is 1. The Hall–Kier alpha value is -0.830. The third kappa shape index (κ3) is 2.65. The van der Waals surface area contributed by atoms with Crippen LogP contribution in [0, 0.1) is 23.2 Å². The molecule has 4 fully saturated rings. The minimum Gasteiger partial charge on any atom is -0.349 e. The van der Waals surface area contributed by atoms with Gasteiger partial charge in [-0.25, -0.2) is 4.98 Å². The van der Waals surface area contributed by atoms with Crippen molar-refractivity contribution < 1.29 is 0 Å². The van der Waals surface area contributed by atoms with Crippen LogP contribution in [0.5, 0.6) is 0 Å². The number of nitrogens with zero attached hydrogens (tertiary/aromatic N) is 1. The molecule has 0 aliphatic heterocycles. The molecule has 116 valence electrons. The summed E-state index contributed by atoms with van der Waals surface area (Å²) in [5, 5.41) is 3.86. The highest BCUT2D eigenvalue weighted by Gasteiger charge is 2.52. The van der Waals surface area contributed by atoms with Crippen LogP contribution in [0.3, 0.4) is 0 Å². The number of H-pyrrole nitrogens is 1. The highest BCUT2D eigenvalue weighted by molar-refractivity contribution is 5.05. The van der Waals surface area contributed by atoms with E-state index in [0.717, 1.165) is 36.5 Å². The summed E-state index contributed by atoms with van der Waals surface area (Å²) >= 11 is 0. The van der Waals surface area contributed by atoms with Crippen molar-refractivity contribution in [3.8, 4) is 0 Å². The molecule has 2 N–H and O–H groups in total. The Labute approximate surface area is 128 Å². The maximum atomic E-state index is 4.30. The summed E-state index contributed by atoms with van der Waals surface area (Å²) in [4.78, 5) is 7.50. The van der Waals surface area contributed by atoms with Crippen molar-refractivity contribution in [1.82, 2.24) is 15.3 Å². The molecule has 0 saturated heterocycles. The molecule has 1 aromatic rings. The fourth-order valence-corrected chi connectivity index (χ4v) is 5.93.